The van der Waals surface area contributed by atoms with Crippen molar-refractivity contribution in [3.8, 4) is 5.06 Å². The smallest absolute Gasteiger partial charge is 0.399 e. The number of hydrogen-bond acceptors (Lipinski definition) is 7. The Kier molecular flexibility index (Phi) is 6.98. The molecule has 2 aromatic rings. The molecule has 3 heterocycles. The molecule has 2 aliphatic heterocycles. The SMILES string of the molecule is CN1CCC(NC(=O)Oc2ccc(Br)s2)(C(=O)Nc2ccc(N3CCOCC3=O)c(F)c2)C1. The molecule has 0 radical (unpaired) electrons. The number of benzene rings is 1. The Morgan fingerprint density at radius 1 is 1.27 bits per heavy atom. The number of hydrogen-bond donors (Lipinski definition) is 2. The van der Waals surface area contributed by atoms with Crippen molar-refractivity contribution in [2.75, 3.05) is 50.1 Å². The lowest BCUT2D eigenvalue weighted by Gasteiger charge is -2.29. The molecule has 1 unspecified atom stereocenters. The highest BCUT2D eigenvalue weighted by Gasteiger charge is 2.45. The van der Waals surface area contributed by atoms with E-state index in [-0.39, 0.29) is 37.0 Å². The Morgan fingerprint density at radius 3 is 2.73 bits per heavy atom. The predicted octanol–water partition coefficient (Wildman–Crippen LogP) is 2.81. The monoisotopic (exact) mass is 540 g/mol. The number of rotatable bonds is 5. The van der Waals surface area contributed by atoms with Crippen LogP contribution in [-0.2, 0) is 14.3 Å². The van der Waals surface area contributed by atoms with Gasteiger partial charge in [-0.1, -0.05) is 11.3 Å². The van der Waals surface area contributed by atoms with Gasteiger partial charge in [-0.05, 0) is 59.7 Å². The third-order valence-electron chi connectivity index (χ3n) is 5.46. The predicted molar refractivity (Wildman–Crippen MR) is 124 cm³/mol. The highest BCUT2D eigenvalue weighted by molar-refractivity contribution is 9.11. The summed E-state index contributed by atoms with van der Waals surface area (Å²) < 4.78 is 25.9. The molecule has 1 atom stereocenters. The number of morpholine rings is 1. The van der Waals surface area contributed by atoms with Gasteiger partial charge in [0.25, 0.3) is 11.8 Å². The Morgan fingerprint density at radius 2 is 2.09 bits per heavy atom. The summed E-state index contributed by atoms with van der Waals surface area (Å²) in [7, 11) is 1.84. The van der Waals surface area contributed by atoms with Crippen LogP contribution in [0.2, 0.25) is 0 Å². The van der Waals surface area contributed by atoms with Gasteiger partial charge in [-0.2, -0.15) is 0 Å². The number of anilines is 2. The summed E-state index contributed by atoms with van der Waals surface area (Å²) in [4.78, 5) is 40.9. The van der Waals surface area contributed by atoms with Gasteiger partial charge < -0.3 is 29.9 Å². The van der Waals surface area contributed by atoms with Crippen molar-refractivity contribution in [1.29, 1.82) is 0 Å². The van der Waals surface area contributed by atoms with E-state index in [0.717, 1.165) is 9.85 Å². The van der Waals surface area contributed by atoms with Gasteiger partial charge in [0.15, 0.2) is 5.06 Å². The van der Waals surface area contributed by atoms with Gasteiger partial charge >= 0.3 is 6.09 Å². The number of halogens is 2. The number of likely N-dealkylation sites (N-methyl/N-ethyl adjacent to an activating group) is 1. The molecule has 2 aliphatic rings. The van der Waals surface area contributed by atoms with Crippen molar-refractivity contribution in [3.05, 3.63) is 39.9 Å². The van der Waals surface area contributed by atoms with Gasteiger partial charge in [0.05, 0.1) is 16.1 Å². The highest BCUT2D eigenvalue weighted by atomic mass is 79.9. The Labute approximate surface area is 201 Å². The molecule has 0 aliphatic carbocycles. The first-order chi connectivity index (χ1) is 15.8. The number of nitrogens with zero attached hydrogens (tertiary/aromatic N) is 2. The normalized spacial score (nSPS) is 21.2. The molecular weight excluding hydrogens is 519 g/mol. The van der Waals surface area contributed by atoms with Crippen LogP contribution in [0.4, 0.5) is 20.6 Å². The summed E-state index contributed by atoms with van der Waals surface area (Å²) in [5.74, 6) is -1.45. The molecule has 3 amide bonds. The van der Waals surface area contributed by atoms with Crippen LogP contribution >= 0.6 is 27.3 Å². The second-order valence-electron chi connectivity index (χ2n) is 7.86. The maximum absolute atomic E-state index is 14.8. The Hall–Kier alpha value is -2.54. The number of amides is 3. The van der Waals surface area contributed by atoms with Gasteiger partial charge in [0.1, 0.15) is 18.0 Å². The number of likely N-dealkylation sites (tertiary alicyclic amines) is 1. The van der Waals surface area contributed by atoms with E-state index in [1.807, 2.05) is 11.9 Å². The molecule has 0 bridgehead atoms. The van der Waals surface area contributed by atoms with Crippen LogP contribution in [0, 0.1) is 5.82 Å². The summed E-state index contributed by atoms with van der Waals surface area (Å²) in [5, 5.41) is 5.78. The van der Waals surface area contributed by atoms with Crippen LogP contribution in [0.5, 0.6) is 5.06 Å². The van der Waals surface area contributed by atoms with Crippen LogP contribution in [0.3, 0.4) is 0 Å². The van der Waals surface area contributed by atoms with Crippen molar-refractivity contribution in [2.45, 2.75) is 12.0 Å². The summed E-state index contributed by atoms with van der Waals surface area (Å²) in [5.41, 5.74) is -0.899. The fraction of sp³-hybridized carbons (Fsp3) is 0.381. The van der Waals surface area contributed by atoms with E-state index >= 15 is 0 Å². The lowest BCUT2D eigenvalue weighted by Crippen LogP contribution is -2.58. The van der Waals surface area contributed by atoms with Crippen molar-refractivity contribution >= 4 is 56.5 Å². The fourth-order valence-electron chi connectivity index (χ4n) is 3.84. The van der Waals surface area contributed by atoms with Gasteiger partial charge in [0.2, 0.25) is 0 Å². The van der Waals surface area contributed by atoms with Gasteiger partial charge in [-0.3, -0.25) is 9.59 Å². The number of carbonyl (C=O) groups excluding carboxylic acids is 3. The molecule has 1 aromatic carbocycles. The fourth-order valence-corrected chi connectivity index (χ4v) is 5.03. The molecule has 2 N–H and O–H groups in total. The zero-order valence-electron chi connectivity index (χ0n) is 17.7. The summed E-state index contributed by atoms with van der Waals surface area (Å²) >= 11 is 4.55. The van der Waals surface area contributed by atoms with E-state index in [9.17, 15) is 18.8 Å². The van der Waals surface area contributed by atoms with E-state index in [4.69, 9.17) is 9.47 Å². The first-order valence-corrected chi connectivity index (χ1v) is 11.8. The molecule has 2 saturated heterocycles. The zero-order chi connectivity index (χ0) is 23.6. The highest BCUT2D eigenvalue weighted by Crippen LogP contribution is 2.30. The first-order valence-electron chi connectivity index (χ1n) is 10.2. The standard InChI is InChI=1S/C21H22BrFN4O5S/c1-26-7-6-21(12-26,25-20(30)32-18-5-4-16(22)33-18)19(29)24-13-2-3-15(14(23)10-13)27-8-9-31-11-17(27)28/h2-5,10H,6-9,11-12H2,1H3,(H,24,29)(H,25,30). The van der Waals surface area contributed by atoms with Crippen molar-refractivity contribution in [3.63, 3.8) is 0 Å². The van der Waals surface area contributed by atoms with E-state index < -0.39 is 23.4 Å². The molecule has 12 heteroatoms. The van der Waals surface area contributed by atoms with Crippen molar-refractivity contribution < 1.29 is 28.2 Å². The van der Waals surface area contributed by atoms with Gasteiger partial charge in [-0.25, -0.2) is 9.18 Å². The molecule has 1 aromatic heterocycles. The van der Waals surface area contributed by atoms with Crippen LogP contribution in [0.15, 0.2) is 34.1 Å². The third kappa shape index (κ3) is 5.35. The topological polar surface area (TPSA) is 100 Å². The van der Waals surface area contributed by atoms with Crippen molar-refractivity contribution in [1.82, 2.24) is 10.2 Å². The first kappa shape index (κ1) is 23.6. The summed E-state index contributed by atoms with van der Waals surface area (Å²) in [6.45, 7) is 1.33. The van der Waals surface area contributed by atoms with E-state index in [0.29, 0.717) is 24.6 Å². The minimum Gasteiger partial charge on any atom is -0.399 e. The second-order valence-corrected chi connectivity index (χ2v) is 10.3. The quantitative estimate of drug-likeness (QED) is 0.604. The van der Waals surface area contributed by atoms with E-state index in [2.05, 4.69) is 26.6 Å². The third-order valence-corrected chi connectivity index (χ3v) is 6.96. The molecule has 4 rings (SSSR count). The second kappa shape index (κ2) is 9.75. The Balaban J connectivity index is 1.47. The number of nitrogens with one attached hydrogen (secondary N) is 2. The lowest BCUT2D eigenvalue weighted by atomic mass is 9.97. The molecule has 2 fully saturated rings. The Bertz CT molecular complexity index is 1080. The molecule has 0 saturated carbocycles. The van der Waals surface area contributed by atoms with Crippen LogP contribution in [-0.4, -0.2) is 68.2 Å². The minimum absolute atomic E-state index is 0.0990. The summed E-state index contributed by atoms with van der Waals surface area (Å²) in [6, 6.07) is 7.52. The molecule has 0 spiro atoms. The average Bonchev–Trinajstić information content (AvgIpc) is 3.34. The van der Waals surface area contributed by atoms with Crippen LogP contribution in [0.25, 0.3) is 0 Å². The van der Waals surface area contributed by atoms with E-state index in [1.165, 1.54) is 28.4 Å². The van der Waals surface area contributed by atoms with Crippen molar-refractivity contribution in [2.24, 2.45) is 0 Å². The minimum atomic E-state index is -1.24. The van der Waals surface area contributed by atoms with Gasteiger partial charge in [0, 0.05) is 25.3 Å². The number of thiophene rings is 1. The van der Waals surface area contributed by atoms with Crippen LogP contribution in [0.1, 0.15) is 6.42 Å². The zero-order valence-corrected chi connectivity index (χ0v) is 20.1. The number of carbonyl (C=O) groups is 3. The lowest BCUT2D eigenvalue weighted by molar-refractivity contribution is -0.125. The van der Waals surface area contributed by atoms with E-state index in [1.54, 1.807) is 12.1 Å². The molecule has 33 heavy (non-hydrogen) atoms. The maximum Gasteiger partial charge on any atom is 0.414 e. The molecular formula is C21H22BrFN4O5S. The maximum atomic E-state index is 14.8. The largest absolute Gasteiger partial charge is 0.414 e. The number of ether oxygens (including phenoxy) is 2. The van der Waals surface area contributed by atoms with Gasteiger partial charge in [-0.15, -0.1) is 0 Å². The average molecular weight is 541 g/mol. The summed E-state index contributed by atoms with van der Waals surface area (Å²) in [6.07, 6.45) is -0.385. The van der Waals surface area contributed by atoms with Crippen LogP contribution < -0.4 is 20.3 Å². The molecule has 176 valence electrons. The molecule has 9 nitrogen and oxygen atoms in total.